The summed E-state index contributed by atoms with van der Waals surface area (Å²) in [6.07, 6.45) is 5.36. The van der Waals surface area contributed by atoms with Crippen molar-refractivity contribution in [1.29, 1.82) is 10.8 Å². The van der Waals surface area contributed by atoms with E-state index in [0.717, 1.165) is 17.7 Å². The maximum atomic E-state index is 9.28. The standard InChI is InChI=1S/C10H11N5.C3H6O2/c1-13-9-6-15-5-7(8(12)4-11)2-3-10(15)14-9;1-5-3-2-4/h2-6,11-13H,1H3;2H,3H2,1H3. The maximum Gasteiger partial charge on any atom is 0.145 e. The molecule has 0 fully saturated rings. The lowest BCUT2D eigenvalue weighted by atomic mass is 10.2. The summed E-state index contributed by atoms with van der Waals surface area (Å²) in [5.41, 5.74) is 1.72. The average Bonchev–Trinajstić information content (AvgIpc) is 2.90. The molecule has 0 spiro atoms. The summed E-state index contributed by atoms with van der Waals surface area (Å²) in [6, 6.07) is 3.61. The number of carbonyl (C=O) groups is 1. The molecule has 0 aromatic carbocycles. The van der Waals surface area contributed by atoms with Gasteiger partial charge in [-0.1, -0.05) is 0 Å². The first-order chi connectivity index (χ1) is 9.65. The molecule has 0 radical (unpaired) electrons. The number of carbonyl (C=O) groups excluding carboxylic acids is 1. The number of fused-ring (bicyclic) bond motifs is 1. The molecule has 0 aliphatic carbocycles. The fourth-order valence-electron chi connectivity index (χ4n) is 1.42. The molecule has 0 bridgehead atoms. The molecule has 0 saturated carbocycles. The molecule has 2 heterocycles. The lowest BCUT2D eigenvalue weighted by Crippen LogP contribution is -2.00. The fourth-order valence-corrected chi connectivity index (χ4v) is 1.42. The van der Waals surface area contributed by atoms with E-state index in [1.807, 2.05) is 23.7 Å². The number of methoxy groups -OCH3 is 1. The number of ether oxygens (including phenoxy) is 1. The number of nitrogens with zero attached hydrogens (tertiary/aromatic N) is 2. The number of aldehydes is 1. The van der Waals surface area contributed by atoms with E-state index in [-0.39, 0.29) is 12.3 Å². The number of hydrogen-bond acceptors (Lipinski definition) is 6. The SMILES string of the molecule is CNc1cn2cc(C(=N)C=N)ccc2n1.COCC=O. The Morgan fingerprint density at radius 3 is 2.75 bits per heavy atom. The van der Waals surface area contributed by atoms with Crippen LogP contribution >= 0.6 is 0 Å². The second-order valence-corrected chi connectivity index (χ2v) is 3.74. The number of nitrogens with one attached hydrogen (secondary N) is 3. The Labute approximate surface area is 116 Å². The van der Waals surface area contributed by atoms with Crippen LogP contribution in [0.1, 0.15) is 5.56 Å². The number of anilines is 1. The van der Waals surface area contributed by atoms with Crippen molar-refractivity contribution in [1.82, 2.24) is 9.38 Å². The van der Waals surface area contributed by atoms with Gasteiger partial charge in [-0.25, -0.2) is 4.98 Å². The largest absolute Gasteiger partial charge is 0.377 e. The highest BCUT2D eigenvalue weighted by molar-refractivity contribution is 6.35. The van der Waals surface area contributed by atoms with Gasteiger partial charge in [-0.05, 0) is 12.1 Å². The smallest absolute Gasteiger partial charge is 0.145 e. The quantitative estimate of drug-likeness (QED) is 0.564. The highest BCUT2D eigenvalue weighted by Gasteiger charge is 2.02. The zero-order valence-electron chi connectivity index (χ0n) is 11.4. The predicted octanol–water partition coefficient (Wildman–Crippen LogP) is 1.23. The second kappa shape index (κ2) is 7.80. The van der Waals surface area contributed by atoms with Gasteiger partial charge in [0.25, 0.3) is 0 Å². The van der Waals surface area contributed by atoms with Crippen molar-refractivity contribution < 1.29 is 9.53 Å². The van der Waals surface area contributed by atoms with Crippen LogP contribution in [0.2, 0.25) is 0 Å². The van der Waals surface area contributed by atoms with Crippen LogP contribution in [0.4, 0.5) is 5.82 Å². The Hall–Kier alpha value is -2.54. The lowest BCUT2D eigenvalue weighted by molar-refractivity contribution is -0.110. The molecular weight excluding hydrogens is 258 g/mol. The maximum absolute atomic E-state index is 9.28. The molecule has 0 atom stereocenters. The molecule has 0 saturated heterocycles. The van der Waals surface area contributed by atoms with Crippen LogP contribution in [0.5, 0.6) is 0 Å². The number of aromatic nitrogens is 2. The van der Waals surface area contributed by atoms with Crippen molar-refractivity contribution in [2.24, 2.45) is 0 Å². The normalized spacial score (nSPS) is 9.50. The molecule has 2 rings (SSSR count). The highest BCUT2D eigenvalue weighted by Crippen LogP contribution is 2.10. The summed E-state index contributed by atoms with van der Waals surface area (Å²) in [5, 5.41) is 17.5. The summed E-state index contributed by atoms with van der Waals surface area (Å²) in [5.74, 6) is 0.786. The fraction of sp³-hybridized carbons (Fsp3) is 0.231. The van der Waals surface area contributed by atoms with Gasteiger partial charge in [0.05, 0.1) is 11.9 Å². The molecule has 2 aromatic heterocycles. The van der Waals surface area contributed by atoms with Gasteiger partial charge in [0.15, 0.2) is 0 Å². The Morgan fingerprint density at radius 2 is 2.25 bits per heavy atom. The van der Waals surface area contributed by atoms with Crippen LogP contribution in [-0.2, 0) is 9.53 Å². The van der Waals surface area contributed by atoms with Crippen LogP contribution < -0.4 is 5.32 Å². The van der Waals surface area contributed by atoms with E-state index >= 15 is 0 Å². The molecule has 7 heteroatoms. The third-order valence-electron chi connectivity index (χ3n) is 2.40. The molecule has 7 nitrogen and oxygen atoms in total. The average molecular weight is 275 g/mol. The molecule has 3 N–H and O–H groups in total. The summed E-state index contributed by atoms with van der Waals surface area (Å²) in [7, 11) is 3.29. The minimum Gasteiger partial charge on any atom is -0.377 e. The Bertz CT molecular complexity index is 606. The topological polar surface area (TPSA) is 103 Å². The minimum atomic E-state index is 0.191. The van der Waals surface area contributed by atoms with Gasteiger partial charge in [-0.3, -0.25) is 5.41 Å². The van der Waals surface area contributed by atoms with Crippen molar-refractivity contribution in [3.63, 3.8) is 0 Å². The first-order valence-electron chi connectivity index (χ1n) is 5.84. The van der Waals surface area contributed by atoms with Gasteiger partial charge in [0, 0.05) is 32.1 Å². The van der Waals surface area contributed by atoms with E-state index in [1.165, 1.54) is 7.11 Å². The van der Waals surface area contributed by atoms with Crippen LogP contribution in [0.3, 0.4) is 0 Å². The summed E-state index contributed by atoms with van der Waals surface area (Å²) in [4.78, 5) is 13.6. The van der Waals surface area contributed by atoms with Crippen molar-refractivity contribution in [2.75, 3.05) is 26.1 Å². The molecule has 106 valence electrons. The lowest BCUT2D eigenvalue weighted by Gasteiger charge is -1.98. The summed E-state index contributed by atoms with van der Waals surface area (Å²) in [6.45, 7) is 0.208. The molecule has 0 amide bonds. The third-order valence-corrected chi connectivity index (χ3v) is 2.40. The number of pyridine rings is 1. The first kappa shape index (κ1) is 15.5. The summed E-state index contributed by atoms with van der Waals surface area (Å²) < 4.78 is 6.16. The van der Waals surface area contributed by atoms with Crippen LogP contribution in [0.25, 0.3) is 5.65 Å². The molecule has 0 aliphatic heterocycles. The van der Waals surface area contributed by atoms with Gasteiger partial charge in [-0.2, -0.15) is 0 Å². The Balaban J connectivity index is 0.000000347. The van der Waals surface area contributed by atoms with Gasteiger partial charge < -0.3 is 24.7 Å². The van der Waals surface area contributed by atoms with Crippen LogP contribution in [-0.4, -0.2) is 48.4 Å². The van der Waals surface area contributed by atoms with Crippen molar-refractivity contribution >= 4 is 29.7 Å². The van der Waals surface area contributed by atoms with Gasteiger partial charge >= 0.3 is 0 Å². The molecule has 0 aliphatic rings. The van der Waals surface area contributed by atoms with E-state index in [4.69, 9.17) is 10.8 Å². The van der Waals surface area contributed by atoms with Crippen molar-refractivity contribution in [2.45, 2.75) is 0 Å². The second-order valence-electron chi connectivity index (χ2n) is 3.74. The Kier molecular flexibility index (Phi) is 6.05. The van der Waals surface area contributed by atoms with E-state index in [1.54, 1.807) is 12.3 Å². The number of imidazole rings is 1. The van der Waals surface area contributed by atoms with E-state index in [9.17, 15) is 4.79 Å². The first-order valence-corrected chi connectivity index (χ1v) is 5.84. The van der Waals surface area contributed by atoms with Crippen molar-refractivity contribution in [3.05, 3.63) is 30.1 Å². The molecule has 0 unspecified atom stereocenters. The highest BCUT2D eigenvalue weighted by atomic mass is 16.5. The van der Waals surface area contributed by atoms with E-state index < -0.39 is 0 Å². The van der Waals surface area contributed by atoms with Gasteiger partial charge in [0.1, 0.15) is 24.4 Å². The molecule has 20 heavy (non-hydrogen) atoms. The summed E-state index contributed by atoms with van der Waals surface area (Å²) >= 11 is 0. The van der Waals surface area contributed by atoms with Crippen LogP contribution in [0.15, 0.2) is 24.5 Å². The van der Waals surface area contributed by atoms with E-state index in [0.29, 0.717) is 11.8 Å². The molecular formula is C13H17N5O2. The van der Waals surface area contributed by atoms with Gasteiger partial charge in [-0.15, -0.1) is 0 Å². The van der Waals surface area contributed by atoms with E-state index in [2.05, 4.69) is 15.0 Å². The van der Waals surface area contributed by atoms with Crippen molar-refractivity contribution in [3.8, 4) is 0 Å². The number of rotatable bonds is 5. The monoisotopic (exact) mass is 275 g/mol. The third kappa shape index (κ3) is 3.99. The minimum absolute atomic E-state index is 0.191. The zero-order valence-corrected chi connectivity index (χ0v) is 11.4. The van der Waals surface area contributed by atoms with Crippen LogP contribution in [0, 0.1) is 10.8 Å². The zero-order chi connectivity index (χ0) is 15.0. The molecule has 2 aromatic rings. The predicted molar refractivity (Wildman–Crippen MR) is 78.3 cm³/mol. The van der Waals surface area contributed by atoms with Gasteiger partial charge in [0.2, 0.25) is 0 Å². The number of hydrogen-bond donors (Lipinski definition) is 3. The Morgan fingerprint density at radius 1 is 1.50 bits per heavy atom.